The summed E-state index contributed by atoms with van der Waals surface area (Å²) in [6.07, 6.45) is 2.47. The summed E-state index contributed by atoms with van der Waals surface area (Å²) in [4.78, 5) is 10.7. The highest BCUT2D eigenvalue weighted by molar-refractivity contribution is 14.1. The van der Waals surface area contributed by atoms with E-state index in [-0.39, 0.29) is 5.54 Å². The van der Waals surface area contributed by atoms with Gasteiger partial charge in [0.05, 0.1) is 6.04 Å². The van der Waals surface area contributed by atoms with Crippen LogP contribution in [0.15, 0.2) is 0 Å². The number of H-pyrrole nitrogens is 1. The molecule has 5 heteroatoms. The third-order valence-corrected chi connectivity index (χ3v) is 5.99. The van der Waals surface area contributed by atoms with Crippen LogP contribution in [0.2, 0.25) is 0 Å². The number of halogens is 2. The molecule has 0 bridgehead atoms. The van der Waals surface area contributed by atoms with E-state index < -0.39 is 0 Å². The maximum absolute atomic E-state index is 4.67. The van der Waals surface area contributed by atoms with E-state index in [0.717, 1.165) is 13.2 Å². The van der Waals surface area contributed by atoms with Crippen molar-refractivity contribution < 1.29 is 0 Å². The smallest absolute Gasteiger partial charge is 0.133 e. The van der Waals surface area contributed by atoms with Crippen LogP contribution in [0.4, 0.5) is 0 Å². The van der Waals surface area contributed by atoms with E-state index in [2.05, 4.69) is 87.7 Å². The molecule has 2 rings (SSSR count). The van der Waals surface area contributed by atoms with Crippen LogP contribution in [0.5, 0.6) is 0 Å². The molecular formula is C12H19I2N3. The SMILES string of the molecule is C[C@H]1CC[C@@H](c2nc(I)c(I)[nH]2)N1C(C)(C)C. The summed E-state index contributed by atoms with van der Waals surface area (Å²) in [5.41, 5.74) is 0.199. The van der Waals surface area contributed by atoms with Crippen molar-refractivity contribution in [2.24, 2.45) is 0 Å². The lowest BCUT2D eigenvalue weighted by Crippen LogP contribution is -2.45. The number of hydrogen-bond donors (Lipinski definition) is 1. The molecule has 1 saturated heterocycles. The molecule has 0 aromatic carbocycles. The van der Waals surface area contributed by atoms with Crippen LogP contribution in [0, 0.1) is 7.40 Å². The summed E-state index contributed by atoms with van der Waals surface area (Å²) >= 11 is 4.62. The normalized spacial score (nSPS) is 26.7. The Balaban J connectivity index is 2.32. The van der Waals surface area contributed by atoms with Crippen LogP contribution in [0.1, 0.15) is 52.4 Å². The van der Waals surface area contributed by atoms with Gasteiger partial charge in [0.1, 0.15) is 13.2 Å². The standard InChI is InChI=1S/C12H19I2N3/c1-7-5-6-8(17(7)12(2,3)4)11-15-9(13)10(14)16-11/h7-8H,5-6H2,1-4H3,(H,15,16)/t7-,8-/m0/s1. The molecular weight excluding hydrogens is 440 g/mol. The Bertz CT molecular complexity index is 389. The summed E-state index contributed by atoms with van der Waals surface area (Å²) in [6.45, 7) is 9.20. The van der Waals surface area contributed by atoms with Crippen LogP contribution in [0.3, 0.4) is 0 Å². The molecule has 0 radical (unpaired) electrons. The van der Waals surface area contributed by atoms with Crippen molar-refractivity contribution in [1.29, 1.82) is 0 Å². The first-order valence-corrected chi connectivity index (χ1v) is 8.16. The molecule has 1 fully saturated rings. The molecule has 0 spiro atoms. The average Bonchev–Trinajstić information content (AvgIpc) is 2.70. The van der Waals surface area contributed by atoms with Gasteiger partial charge in [-0.2, -0.15) is 0 Å². The third-order valence-electron chi connectivity index (χ3n) is 3.40. The zero-order valence-corrected chi connectivity index (χ0v) is 15.0. The molecule has 0 amide bonds. The fraction of sp³-hybridized carbons (Fsp3) is 0.750. The highest BCUT2D eigenvalue weighted by Gasteiger charge is 2.40. The quantitative estimate of drug-likeness (QED) is 0.646. The lowest BCUT2D eigenvalue weighted by molar-refractivity contribution is 0.0795. The molecule has 1 N–H and O–H groups in total. The number of imidazole rings is 1. The van der Waals surface area contributed by atoms with E-state index in [4.69, 9.17) is 0 Å². The minimum atomic E-state index is 0.199. The third kappa shape index (κ3) is 2.80. The van der Waals surface area contributed by atoms with Gasteiger partial charge in [0.15, 0.2) is 0 Å². The second-order valence-corrected chi connectivity index (χ2v) is 7.85. The van der Waals surface area contributed by atoms with Crippen LogP contribution in [-0.2, 0) is 0 Å². The van der Waals surface area contributed by atoms with Gasteiger partial charge in [-0.1, -0.05) is 0 Å². The Morgan fingerprint density at radius 2 is 1.94 bits per heavy atom. The van der Waals surface area contributed by atoms with Gasteiger partial charge in [-0.25, -0.2) is 4.98 Å². The zero-order valence-electron chi connectivity index (χ0n) is 10.7. The highest BCUT2D eigenvalue weighted by atomic mass is 127. The number of nitrogens with one attached hydrogen (secondary N) is 1. The van der Waals surface area contributed by atoms with E-state index in [0.29, 0.717) is 12.1 Å². The van der Waals surface area contributed by atoms with Gasteiger partial charge < -0.3 is 4.98 Å². The molecule has 0 saturated carbocycles. The van der Waals surface area contributed by atoms with Gasteiger partial charge in [-0.3, -0.25) is 4.90 Å². The van der Waals surface area contributed by atoms with Crippen molar-refractivity contribution in [2.75, 3.05) is 0 Å². The van der Waals surface area contributed by atoms with Gasteiger partial charge in [0.25, 0.3) is 0 Å². The Labute approximate surface area is 130 Å². The fourth-order valence-corrected chi connectivity index (χ4v) is 3.68. The molecule has 0 aliphatic carbocycles. The van der Waals surface area contributed by atoms with Crippen LogP contribution >= 0.6 is 45.2 Å². The summed E-state index contributed by atoms with van der Waals surface area (Å²) in [5, 5.41) is 0. The van der Waals surface area contributed by atoms with E-state index in [1.165, 1.54) is 12.8 Å². The first-order valence-electron chi connectivity index (χ1n) is 6.00. The molecule has 1 aromatic heterocycles. The summed E-state index contributed by atoms with van der Waals surface area (Å²) in [6, 6.07) is 1.09. The Kier molecular flexibility index (Phi) is 4.10. The number of hydrogen-bond acceptors (Lipinski definition) is 2. The van der Waals surface area contributed by atoms with Gasteiger partial charge in [-0.15, -0.1) is 0 Å². The molecule has 1 aliphatic heterocycles. The van der Waals surface area contributed by atoms with Crippen LogP contribution in [-0.4, -0.2) is 26.4 Å². The molecule has 1 aromatic rings. The number of aromatic amines is 1. The van der Waals surface area contributed by atoms with Gasteiger partial charge >= 0.3 is 0 Å². The van der Waals surface area contributed by atoms with Crippen molar-refractivity contribution >= 4 is 45.2 Å². The number of aromatic nitrogens is 2. The summed E-state index contributed by atoms with van der Waals surface area (Å²) in [7, 11) is 0. The highest BCUT2D eigenvalue weighted by Crippen LogP contribution is 2.40. The van der Waals surface area contributed by atoms with E-state index in [9.17, 15) is 0 Å². The van der Waals surface area contributed by atoms with Gasteiger partial charge in [0.2, 0.25) is 0 Å². The maximum atomic E-state index is 4.67. The van der Waals surface area contributed by atoms with Crippen LogP contribution < -0.4 is 0 Å². The van der Waals surface area contributed by atoms with Crippen molar-refractivity contribution in [3.63, 3.8) is 0 Å². The van der Waals surface area contributed by atoms with E-state index in [1.54, 1.807) is 0 Å². The lowest BCUT2D eigenvalue weighted by atomic mass is 10.0. The maximum Gasteiger partial charge on any atom is 0.133 e. The van der Waals surface area contributed by atoms with Gasteiger partial charge in [0, 0.05) is 11.6 Å². The molecule has 96 valence electrons. The number of likely N-dealkylation sites (tertiary alicyclic amines) is 1. The lowest BCUT2D eigenvalue weighted by Gasteiger charge is -2.39. The van der Waals surface area contributed by atoms with E-state index in [1.807, 2.05) is 0 Å². The molecule has 2 heterocycles. The van der Waals surface area contributed by atoms with Crippen LogP contribution in [0.25, 0.3) is 0 Å². The monoisotopic (exact) mass is 459 g/mol. The fourth-order valence-electron chi connectivity index (χ4n) is 2.89. The minimum Gasteiger partial charge on any atom is -0.335 e. The largest absolute Gasteiger partial charge is 0.335 e. The Morgan fingerprint density at radius 1 is 1.29 bits per heavy atom. The average molecular weight is 459 g/mol. The first kappa shape index (κ1) is 14.0. The molecule has 2 atom stereocenters. The van der Waals surface area contributed by atoms with Crippen molar-refractivity contribution in [3.8, 4) is 0 Å². The van der Waals surface area contributed by atoms with Crippen molar-refractivity contribution in [3.05, 3.63) is 13.2 Å². The second-order valence-electron chi connectivity index (χ2n) is 5.75. The number of rotatable bonds is 1. The predicted molar refractivity (Wildman–Crippen MR) is 87.1 cm³/mol. The predicted octanol–water partition coefficient (Wildman–Crippen LogP) is 3.94. The Morgan fingerprint density at radius 3 is 2.41 bits per heavy atom. The number of nitrogens with zero attached hydrogens (tertiary/aromatic N) is 2. The molecule has 1 aliphatic rings. The zero-order chi connectivity index (χ0) is 12.8. The van der Waals surface area contributed by atoms with Crippen molar-refractivity contribution in [2.45, 2.75) is 58.2 Å². The minimum absolute atomic E-state index is 0.199. The molecule has 3 nitrogen and oxygen atoms in total. The summed E-state index contributed by atoms with van der Waals surface area (Å²) in [5.74, 6) is 1.14. The first-order chi connectivity index (χ1) is 7.80. The van der Waals surface area contributed by atoms with Gasteiger partial charge in [-0.05, 0) is 85.7 Å². The second kappa shape index (κ2) is 4.96. The van der Waals surface area contributed by atoms with E-state index >= 15 is 0 Å². The Hall–Kier alpha value is 0.630. The topological polar surface area (TPSA) is 31.9 Å². The van der Waals surface area contributed by atoms with Crippen molar-refractivity contribution in [1.82, 2.24) is 14.9 Å². The molecule has 0 unspecified atom stereocenters. The molecule has 17 heavy (non-hydrogen) atoms. The summed E-state index contributed by atoms with van der Waals surface area (Å²) < 4.78 is 2.25.